The Bertz CT molecular complexity index is 756. The summed E-state index contributed by atoms with van der Waals surface area (Å²) in [6.07, 6.45) is 6.88. The van der Waals surface area contributed by atoms with Crippen LogP contribution in [0.2, 0.25) is 0 Å². The molecule has 0 aliphatic carbocycles. The van der Waals surface area contributed by atoms with Crippen molar-refractivity contribution in [1.82, 2.24) is 4.98 Å². The van der Waals surface area contributed by atoms with Gasteiger partial charge in [0, 0.05) is 18.9 Å². The van der Waals surface area contributed by atoms with E-state index < -0.39 is 0 Å². The van der Waals surface area contributed by atoms with Gasteiger partial charge in [0.05, 0.1) is 5.69 Å². The van der Waals surface area contributed by atoms with Crippen molar-refractivity contribution >= 4 is 17.7 Å². The van der Waals surface area contributed by atoms with E-state index in [9.17, 15) is 4.79 Å². The van der Waals surface area contributed by atoms with Crippen LogP contribution in [0.5, 0.6) is 5.75 Å². The van der Waals surface area contributed by atoms with Crippen LogP contribution in [-0.4, -0.2) is 24.0 Å². The number of unbranched alkanes of at least 4 members (excludes halogenated alkanes) is 1. The molecular weight excluding hydrogens is 302 g/mol. The minimum Gasteiger partial charge on any atom is -0.449 e. The second-order valence-corrected chi connectivity index (χ2v) is 5.81. The SMILES string of the molecule is Cc1ccc2c(c1)N(CCCCN)C(=O)/C(=C\c1ccncc1)O2. The molecule has 5 nitrogen and oxygen atoms in total. The summed E-state index contributed by atoms with van der Waals surface area (Å²) >= 11 is 0. The van der Waals surface area contributed by atoms with Gasteiger partial charge in [0.25, 0.3) is 5.91 Å². The molecule has 1 aromatic carbocycles. The molecule has 0 spiro atoms. The van der Waals surface area contributed by atoms with Crippen molar-refractivity contribution in [3.8, 4) is 5.75 Å². The first kappa shape index (κ1) is 16.2. The summed E-state index contributed by atoms with van der Waals surface area (Å²) in [5.74, 6) is 0.903. The zero-order chi connectivity index (χ0) is 16.9. The number of nitrogens with two attached hydrogens (primary N) is 1. The summed E-state index contributed by atoms with van der Waals surface area (Å²) in [6.45, 7) is 3.26. The maximum atomic E-state index is 12.9. The van der Waals surface area contributed by atoms with E-state index in [1.54, 1.807) is 23.4 Å². The fourth-order valence-corrected chi connectivity index (χ4v) is 2.67. The number of amides is 1. The number of aromatic nitrogens is 1. The standard InChI is InChI=1S/C19H21N3O2/c1-14-4-5-17-16(12-14)22(11-3-2-8-20)19(23)18(24-17)13-15-6-9-21-10-7-15/h4-7,9-10,12-13H,2-3,8,11,20H2,1H3/b18-13+. The van der Waals surface area contributed by atoms with E-state index >= 15 is 0 Å². The van der Waals surface area contributed by atoms with Crippen LogP contribution in [0.4, 0.5) is 5.69 Å². The predicted molar refractivity (Wildman–Crippen MR) is 94.7 cm³/mol. The summed E-state index contributed by atoms with van der Waals surface area (Å²) < 4.78 is 5.86. The Morgan fingerprint density at radius 1 is 1.21 bits per heavy atom. The number of benzene rings is 1. The van der Waals surface area contributed by atoms with Crippen LogP contribution in [0.25, 0.3) is 6.08 Å². The molecule has 2 heterocycles. The van der Waals surface area contributed by atoms with E-state index in [-0.39, 0.29) is 5.91 Å². The molecule has 1 aliphatic rings. The molecule has 1 aromatic heterocycles. The number of hydrogen-bond donors (Lipinski definition) is 1. The van der Waals surface area contributed by atoms with Crippen LogP contribution in [0.15, 0.2) is 48.5 Å². The number of rotatable bonds is 5. The summed E-state index contributed by atoms with van der Waals surface area (Å²) in [5, 5.41) is 0. The van der Waals surface area contributed by atoms with Crippen molar-refractivity contribution in [3.63, 3.8) is 0 Å². The first-order valence-electron chi connectivity index (χ1n) is 8.11. The normalized spacial score (nSPS) is 15.3. The van der Waals surface area contributed by atoms with Gasteiger partial charge in [-0.15, -0.1) is 0 Å². The summed E-state index contributed by atoms with van der Waals surface area (Å²) in [4.78, 5) is 18.7. The third-order valence-corrected chi connectivity index (χ3v) is 3.92. The second-order valence-electron chi connectivity index (χ2n) is 5.81. The zero-order valence-corrected chi connectivity index (χ0v) is 13.7. The van der Waals surface area contributed by atoms with Crippen molar-refractivity contribution in [2.45, 2.75) is 19.8 Å². The van der Waals surface area contributed by atoms with Crippen LogP contribution in [0, 0.1) is 6.92 Å². The molecule has 2 N–H and O–H groups in total. The highest BCUT2D eigenvalue weighted by Crippen LogP contribution is 2.36. The lowest BCUT2D eigenvalue weighted by molar-refractivity contribution is -0.117. The average molecular weight is 323 g/mol. The summed E-state index contributed by atoms with van der Waals surface area (Å²) in [6, 6.07) is 9.56. The van der Waals surface area contributed by atoms with Gasteiger partial charge in [-0.25, -0.2) is 0 Å². The van der Waals surface area contributed by atoms with Gasteiger partial charge in [-0.2, -0.15) is 0 Å². The predicted octanol–water partition coefficient (Wildman–Crippen LogP) is 2.90. The number of fused-ring (bicyclic) bond motifs is 1. The number of aryl methyl sites for hydroxylation is 1. The molecule has 3 rings (SSSR count). The number of ether oxygens (including phenoxy) is 1. The molecule has 5 heteroatoms. The third kappa shape index (κ3) is 3.46. The fourth-order valence-electron chi connectivity index (χ4n) is 2.67. The number of hydrogen-bond acceptors (Lipinski definition) is 4. The van der Waals surface area contributed by atoms with Gasteiger partial charge in [0.15, 0.2) is 11.5 Å². The number of anilines is 1. The van der Waals surface area contributed by atoms with Crippen molar-refractivity contribution in [2.24, 2.45) is 5.73 Å². The minimum absolute atomic E-state index is 0.123. The van der Waals surface area contributed by atoms with Gasteiger partial charge >= 0.3 is 0 Å². The summed E-state index contributed by atoms with van der Waals surface area (Å²) in [5.41, 5.74) is 8.38. The van der Waals surface area contributed by atoms with Gasteiger partial charge in [0.1, 0.15) is 0 Å². The lowest BCUT2D eigenvalue weighted by atomic mass is 10.1. The molecule has 2 aromatic rings. The average Bonchev–Trinajstić information content (AvgIpc) is 2.59. The maximum absolute atomic E-state index is 12.9. The topological polar surface area (TPSA) is 68.5 Å². The van der Waals surface area contributed by atoms with Crippen LogP contribution in [0.3, 0.4) is 0 Å². The third-order valence-electron chi connectivity index (χ3n) is 3.92. The molecule has 0 unspecified atom stereocenters. The smallest absolute Gasteiger partial charge is 0.294 e. The van der Waals surface area contributed by atoms with Crippen LogP contribution in [0.1, 0.15) is 24.0 Å². The quantitative estimate of drug-likeness (QED) is 0.678. The number of nitrogens with zero attached hydrogens (tertiary/aromatic N) is 2. The monoisotopic (exact) mass is 323 g/mol. The van der Waals surface area contributed by atoms with Gasteiger partial charge < -0.3 is 15.4 Å². The molecular formula is C19H21N3O2. The van der Waals surface area contributed by atoms with Crippen molar-refractivity contribution in [2.75, 3.05) is 18.0 Å². The number of carbonyl (C=O) groups is 1. The largest absolute Gasteiger partial charge is 0.449 e. The lowest BCUT2D eigenvalue weighted by Crippen LogP contribution is -2.38. The number of carbonyl (C=O) groups excluding carboxylic acids is 1. The Labute approximate surface area is 141 Å². The van der Waals surface area contributed by atoms with Crippen molar-refractivity contribution < 1.29 is 9.53 Å². The van der Waals surface area contributed by atoms with E-state index in [0.29, 0.717) is 24.6 Å². The first-order chi connectivity index (χ1) is 11.7. The summed E-state index contributed by atoms with van der Waals surface area (Å²) in [7, 11) is 0. The van der Waals surface area contributed by atoms with E-state index in [2.05, 4.69) is 4.98 Å². The molecule has 0 fully saturated rings. The second kappa shape index (κ2) is 7.27. The van der Waals surface area contributed by atoms with E-state index in [1.807, 2.05) is 37.3 Å². The van der Waals surface area contributed by atoms with Crippen molar-refractivity contribution in [1.29, 1.82) is 0 Å². The van der Waals surface area contributed by atoms with Gasteiger partial charge in [0.2, 0.25) is 0 Å². The zero-order valence-electron chi connectivity index (χ0n) is 13.7. The van der Waals surface area contributed by atoms with Crippen molar-refractivity contribution in [3.05, 3.63) is 59.6 Å². The number of pyridine rings is 1. The fraction of sp³-hybridized carbons (Fsp3) is 0.263. The highest BCUT2D eigenvalue weighted by atomic mass is 16.5. The van der Waals surface area contributed by atoms with E-state index in [4.69, 9.17) is 10.5 Å². The van der Waals surface area contributed by atoms with Crippen LogP contribution in [-0.2, 0) is 4.79 Å². The molecule has 0 saturated heterocycles. The van der Waals surface area contributed by atoms with E-state index in [1.165, 1.54) is 0 Å². The Balaban J connectivity index is 1.96. The van der Waals surface area contributed by atoms with Crippen LogP contribution >= 0.6 is 0 Å². The molecule has 1 aliphatic heterocycles. The highest BCUT2D eigenvalue weighted by Gasteiger charge is 2.29. The lowest BCUT2D eigenvalue weighted by Gasteiger charge is -2.31. The molecule has 0 atom stereocenters. The molecule has 0 saturated carbocycles. The Hall–Kier alpha value is -2.66. The molecule has 24 heavy (non-hydrogen) atoms. The Kier molecular flexibility index (Phi) is 4.91. The maximum Gasteiger partial charge on any atom is 0.294 e. The Morgan fingerprint density at radius 3 is 2.75 bits per heavy atom. The molecule has 0 bridgehead atoms. The molecule has 0 radical (unpaired) electrons. The van der Waals surface area contributed by atoms with Gasteiger partial charge in [-0.3, -0.25) is 9.78 Å². The highest BCUT2D eigenvalue weighted by molar-refractivity contribution is 6.09. The first-order valence-corrected chi connectivity index (χ1v) is 8.11. The molecule has 124 valence electrons. The van der Waals surface area contributed by atoms with E-state index in [0.717, 1.165) is 29.7 Å². The van der Waals surface area contributed by atoms with Gasteiger partial charge in [-0.05, 0) is 67.8 Å². The van der Waals surface area contributed by atoms with Gasteiger partial charge in [-0.1, -0.05) is 6.07 Å². The Morgan fingerprint density at radius 2 is 2.00 bits per heavy atom. The molecule has 1 amide bonds. The van der Waals surface area contributed by atoms with Crippen LogP contribution < -0.4 is 15.4 Å². The minimum atomic E-state index is -0.123.